The SMILES string of the molecule is CCOc1ccc(NC(=O)c2cccc(CSc3n[nH]c(N)n3)c2)cc1OCC.Cc1c(Br)cc(NC(=O)c2cccc(CSc3ncn[nH]3)c2)cc1Br.Nc1nc(SCc2cccc(C(=O)Nc3cccc(Cl)c3)c2)n[nH]1. The van der Waals surface area contributed by atoms with Crippen molar-refractivity contribution >= 4 is 125 Å². The first-order valence-electron chi connectivity index (χ1n) is 23.6. The molecule has 0 fully saturated rings. The van der Waals surface area contributed by atoms with Gasteiger partial charge >= 0.3 is 0 Å². The number of aromatic amines is 3. The molecule has 3 heterocycles. The van der Waals surface area contributed by atoms with Gasteiger partial charge in [-0.3, -0.25) is 19.5 Å². The van der Waals surface area contributed by atoms with Gasteiger partial charge in [0.15, 0.2) is 16.7 Å². The monoisotopic (exact) mass is 1250 g/mol. The maximum absolute atomic E-state index is 12.7. The first kappa shape index (κ1) is 58.3. The molecule has 0 spiro atoms. The number of nitrogen functional groups attached to an aromatic ring is 2. The van der Waals surface area contributed by atoms with Gasteiger partial charge in [0.2, 0.25) is 22.2 Å². The summed E-state index contributed by atoms with van der Waals surface area (Å²) in [6.45, 7) is 6.85. The van der Waals surface area contributed by atoms with E-state index >= 15 is 0 Å². The normalized spacial score (nSPS) is 10.6. The molecule has 3 amide bonds. The van der Waals surface area contributed by atoms with Gasteiger partial charge in [-0.2, -0.15) is 15.1 Å². The van der Waals surface area contributed by atoms with Crippen LogP contribution >= 0.6 is 78.7 Å². The Morgan fingerprint density at radius 2 is 1.05 bits per heavy atom. The number of amides is 3. The van der Waals surface area contributed by atoms with Gasteiger partial charge in [0.1, 0.15) is 6.33 Å². The summed E-state index contributed by atoms with van der Waals surface area (Å²) in [5.74, 6) is 3.24. The summed E-state index contributed by atoms with van der Waals surface area (Å²) >= 11 is 17.3. The second kappa shape index (κ2) is 29.4. The van der Waals surface area contributed by atoms with Gasteiger partial charge in [-0.25, -0.2) is 15.2 Å². The smallest absolute Gasteiger partial charge is 0.255 e. The van der Waals surface area contributed by atoms with Crippen molar-refractivity contribution in [3.63, 3.8) is 0 Å². The fourth-order valence-corrected chi connectivity index (χ4v) is 10.4. The molecule has 0 aliphatic carbocycles. The number of hydrogen-bond donors (Lipinski definition) is 8. The maximum Gasteiger partial charge on any atom is 0.255 e. The van der Waals surface area contributed by atoms with Crippen LogP contribution in [0.25, 0.3) is 0 Å². The number of carbonyl (C=O) groups is 3. The zero-order valence-corrected chi connectivity index (χ0v) is 48.4. The highest BCUT2D eigenvalue weighted by atomic mass is 79.9. The quantitative estimate of drug-likeness (QED) is 0.0349. The fourth-order valence-electron chi connectivity index (χ4n) is 6.79. The van der Waals surface area contributed by atoms with E-state index in [9.17, 15) is 14.4 Å². The third-order valence-corrected chi connectivity index (χ3v) is 15.1. The minimum atomic E-state index is -0.203. The van der Waals surface area contributed by atoms with E-state index in [1.807, 2.05) is 87.5 Å². The Labute approximate surface area is 483 Å². The number of halogens is 3. The molecule has 78 heavy (non-hydrogen) atoms. The molecule has 0 aliphatic rings. The number of nitrogens with one attached hydrogen (secondary N) is 6. The number of aromatic nitrogens is 9. The lowest BCUT2D eigenvalue weighted by molar-refractivity contribution is 0.101. The Hall–Kier alpha value is -7.35. The average Bonchev–Trinajstić information content (AvgIpc) is 4.23. The highest BCUT2D eigenvalue weighted by molar-refractivity contribution is 9.11. The van der Waals surface area contributed by atoms with E-state index in [2.05, 4.69) is 93.4 Å². The molecular formula is C53H51Br2ClN14O5S3. The highest BCUT2D eigenvalue weighted by Crippen LogP contribution is 2.32. The molecule has 9 rings (SSSR count). The molecule has 0 aliphatic heterocycles. The van der Waals surface area contributed by atoms with E-state index < -0.39 is 0 Å². The van der Waals surface area contributed by atoms with Gasteiger partial charge in [0.05, 0.1) is 13.2 Å². The predicted octanol–water partition coefficient (Wildman–Crippen LogP) is 12.5. The van der Waals surface area contributed by atoms with E-state index in [4.69, 9.17) is 32.5 Å². The summed E-state index contributed by atoms with van der Waals surface area (Å²) in [7, 11) is 0. The summed E-state index contributed by atoms with van der Waals surface area (Å²) in [6.07, 6.45) is 1.48. The number of hydrogen-bond acceptors (Lipinski definition) is 16. The predicted molar refractivity (Wildman–Crippen MR) is 317 cm³/mol. The van der Waals surface area contributed by atoms with Crippen LogP contribution in [-0.2, 0) is 17.3 Å². The zero-order valence-electron chi connectivity index (χ0n) is 42.0. The van der Waals surface area contributed by atoms with Crippen LogP contribution in [0.1, 0.15) is 67.2 Å². The lowest BCUT2D eigenvalue weighted by Crippen LogP contribution is -2.12. The summed E-state index contributed by atoms with van der Waals surface area (Å²) in [6, 6.07) is 38.5. The van der Waals surface area contributed by atoms with Gasteiger partial charge in [-0.05, 0) is 122 Å². The molecule has 19 nitrogen and oxygen atoms in total. The van der Waals surface area contributed by atoms with E-state index in [1.165, 1.54) is 41.6 Å². The van der Waals surface area contributed by atoms with E-state index in [-0.39, 0.29) is 29.6 Å². The molecule has 0 bridgehead atoms. The van der Waals surface area contributed by atoms with Crippen LogP contribution in [0.3, 0.4) is 0 Å². The van der Waals surface area contributed by atoms with Crippen LogP contribution in [-0.4, -0.2) is 76.5 Å². The van der Waals surface area contributed by atoms with E-state index in [0.29, 0.717) is 85.4 Å². The number of ether oxygens (including phenoxy) is 2. The van der Waals surface area contributed by atoms with Crippen LogP contribution < -0.4 is 36.9 Å². The molecule has 25 heteroatoms. The second-order valence-electron chi connectivity index (χ2n) is 16.2. The largest absolute Gasteiger partial charge is 0.490 e. The van der Waals surface area contributed by atoms with Crippen molar-refractivity contribution in [1.82, 2.24) is 45.5 Å². The van der Waals surface area contributed by atoms with Crippen LogP contribution in [0.15, 0.2) is 158 Å². The summed E-state index contributed by atoms with van der Waals surface area (Å²) in [5.41, 5.74) is 18.9. The Morgan fingerprint density at radius 1 is 0.577 bits per heavy atom. The number of thioether (sulfide) groups is 3. The molecule has 0 unspecified atom stereocenters. The number of nitrogens with two attached hydrogens (primary N) is 2. The van der Waals surface area contributed by atoms with Gasteiger partial charge < -0.3 is 36.9 Å². The number of benzene rings is 6. The van der Waals surface area contributed by atoms with Crippen LogP contribution in [0, 0.1) is 6.92 Å². The molecule has 0 atom stereocenters. The van der Waals surface area contributed by atoms with Gasteiger partial charge in [0.25, 0.3) is 17.7 Å². The van der Waals surface area contributed by atoms with Crippen molar-refractivity contribution in [3.05, 3.63) is 187 Å². The summed E-state index contributed by atoms with van der Waals surface area (Å²) in [5, 5.41) is 30.9. The molecular weight excluding hydrogens is 1200 g/mol. The van der Waals surface area contributed by atoms with Crippen molar-refractivity contribution in [2.75, 3.05) is 40.6 Å². The van der Waals surface area contributed by atoms with Gasteiger partial charge in [-0.1, -0.05) is 121 Å². The van der Waals surface area contributed by atoms with Crippen LogP contribution in [0.2, 0.25) is 5.02 Å². The van der Waals surface area contributed by atoms with Crippen molar-refractivity contribution in [2.24, 2.45) is 0 Å². The number of rotatable bonds is 19. The third kappa shape index (κ3) is 18.1. The average molecular weight is 1260 g/mol. The third-order valence-electron chi connectivity index (χ3n) is 10.5. The summed E-state index contributed by atoms with van der Waals surface area (Å²) < 4.78 is 13.0. The molecule has 9 aromatic rings. The Balaban J connectivity index is 0.000000170. The topological polar surface area (TPSA) is 283 Å². The van der Waals surface area contributed by atoms with E-state index in [0.717, 1.165) is 42.0 Å². The molecule has 402 valence electrons. The maximum atomic E-state index is 12.7. The summed E-state index contributed by atoms with van der Waals surface area (Å²) in [4.78, 5) is 49.7. The lowest BCUT2D eigenvalue weighted by atomic mass is 10.1. The molecule has 0 saturated carbocycles. The minimum Gasteiger partial charge on any atom is -0.490 e. The fraction of sp³-hybridized carbons (Fsp3) is 0.151. The minimum absolute atomic E-state index is 0.144. The Bertz CT molecular complexity index is 3440. The molecule has 0 radical (unpaired) electrons. The Kier molecular flexibility index (Phi) is 22.0. The van der Waals surface area contributed by atoms with Crippen molar-refractivity contribution in [3.8, 4) is 11.5 Å². The zero-order chi connectivity index (χ0) is 55.4. The van der Waals surface area contributed by atoms with Crippen LogP contribution in [0.5, 0.6) is 11.5 Å². The second-order valence-corrected chi connectivity index (χ2v) is 21.2. The molecule has 3 aromatic heterocycles. The standard InChI is InChI=1S/C20H23N5O3S.C17H14Br2N4OS.C16H14ClN5OS/c1-3-27-16-9-8-15(11-17(16)28-4-2)22-18(26)14-7-5-6-13(10-14)12-29-20-23-19(21)24-25-20;1-10-14(18)6-13(7-15(10)19)22-16(24)12-4-2-3-11(5-12)8-25-17-20-9-21-23-17;17-12-5-2-6-13(8-12)19-14(23)11-4-1-3-10(7-11)9-24-16-20-15(18)21-22-16/h5-11H,3-4,12H2,1-2H3,(H,22,26)(H3,21,23,24,25);2-7,9H,8H2,1H3,(H,22,24)(H,20,21,23);1-8H,9H2,(H,19,23)(H3,18,20,21,22). The molecule has 6 aromatic carbocycles. The lowest BCUT2D eigenvalue weighted by Gasteiger charge is -2.13. The number of nitrogens with zero attached hydrogens (tertiary/aromatic N) is 6. The van der Waals surface area contributed by atoms with Crippen molar-refractivity contribution in [1.29, 1.82) is 0 Å². The van der Waals surface area contributed by atoms with E-state index in [1.54, 1.807) is 60.7 Å². The first-order valence-corrected chi connectivity index (χ1v) is 28.5. The first-order chi connectivity index (χ1) is 37.7. The van der Waals surface area contributed by atoms with Gasteiger partial charge in [-0.15, -0.1) is 10.2 Å². The number of anilines is 5. The number of carbonyl (C=O) groups excluding carboxylic acids is 3. The van der Waals surface area contributed by atoms with Crippen molar-refractivity contribution in [2.45, 2.75) is 53.5 Å². The van der Waals surface area contributed by atoms with Gasteiger partial charge in [0, 0.05) is 71.0 Å². The highest BCUT2D eigenvalue weighted by Gasteiger charge is 2.14. The molecule has 0 saturated heterocycles. The Morgan fingerprint density at radius 3 is 1.51 bits per heavy atom. The van der Waals surface area contributed by atoms with Crippen molar-refractivity contribution < 1.29 is 23.9 Å². The molecule has 10 N–H and O–H groups in total. The van der Waals surface area contributed by atoms with Crippen LogP contribution in [0.4, 0.5) is 29.0 Å². The number of H-pyrrole nitrogens is 3.